The average molecular weight is 266 g/mol. The Bertz CT molecular complexity index is 413. The number of halogens is 1. The van der Waals surface area contributed by atoms with Crippen LogP contribution in [0.3, 0.4) is 0 Å². The molecule has 4 heteroatoms. The molecule has 1 saturated heterocycles. The van der Waals surface area contributed by atoms with Gasteiger partial charge in [-0.2, -0.15) is 0 Å². The molecule has 0 saturated carbocycles. The van der Waals surface area contributed by atoms with E-state index in [1.807, 2.05) is 0 Å². The first-order valence-corrected chi connectivity index (χ1v) is 6.91. The van der Waals surface area contributed by atoms with E-state index in [2.05, 4.69) is 24.2 Å². The summed E-state index contributed by atoms with van der Waals surface area (Å²) in [6.45, 7) is 4.86. The zero-order chi connectivity index (χ0) is 13.8. The largest absolute Gasteiger partial charge is 0.387 e. The molecule has 1 fully saturated rings. The lowest BCUT2D eigenvalue weighted by Gasteiger charge is -2.35. The van der Waals surface area contributed by atoms with Crippen LogP contribution >= 0.6 is 0 Å². The molecule has 3 nitrogen and oxygen atoms in total. The third-order valence-corrected chi connectivity index (χ3v) is 3.92. The quantitative estimate of drug-likeness (QED) is 0.872. The van der Waals surface area contributed by atoms with Crippen molar-refractivity contribution in [2.45, 2.75) is 25.5 Å². The first-order chi connectivity index (χ1) is 9.06. The van der Waals surface area contributed by atoms with E-state index in [-0.39, 0.29) is 5.82 Å². The molecular formula is C15H23FN2O. The molecule has 1 heterocycles. The highest BCUT2D eigenvalue weighted by atomic mass is 19.1. The summed E-state index contributed by atoms with van der Waals surface area (Å²) in [5, 5.41) is 13.5. The molecule has 2 N–H and O–H groups in total. The number of likely N-dealkylation sites (tertiary alicyclic amines) is 1. The molecule has 0 radical (unpaired) electrons. The number of aliphatic hydroxyl groups excluding tert-OH is 1. The van der Waals surface area contributed by atoms with Gasteiger partial charge in [-0.25, -0.2) is 4.39 Å². The fourth-order valence-electron chi connectivity index (χ4n) is 2.75. The van der Waals surface area contributed by atoms with Gasteiger partial charge in [0.25, 0.3) is 0 Å². The molecule has 1 aliphatic rings. The highest BCUT2D eigenvalue weighted by Crippen LogP contribution is 2.17. The highest BCUT2D eigenvalue weighted by molar-refractivity contribution is 5.19. The van der Waals surface area contributed by atoms with E-state index in [0.29, 0.717) is 24.1 Å². The van der Waals surface area contributed by atoms with Gasteiger partial charge in [0.1, 0.15) is 5.82 Å². The Morgan fingerprint density at radius 2 is 2.32 bits per heavy atom. The second-order valence-corrected chi connectivity index (χ2v) is 5.61. The predicted octanol–water partition coefficient (Wildman–Crippen LogP) is 1.79. The molecule has 1 aliphatic heterocycles. The van der Waals surface area contributed by atoms with Crippen molar-refractivity contribution in [3.8, 4) is 0 Å². The third kappa shape index (κ3) is 4.00. The second kappa shape index (κ2) is 6.46. The summed E-state index contributed by atoms with van der Waals surface area (Å²) in [7, 11) is 2.13. The number of benzene rings is 1. The Morgan fingerprint density at radius 1 is 1.53 bits per heavy atom. The van der Waals surface area contributed by atoms with E-state index < -0.39 is 6.10 Å². The minimum absolute atomic E-state index is 0.302. The van der Waals surface area contributed by atoms with E-state index >= 15 is 0 Å². The number of nitrogens with one attached hydrogen (secondary N) is 1. The van der Waals surface area contributed by atoms with Crippen molar-refractivity contribution >= 4 is 0 Å². The van der Waals surface area contributed by atoms with E-state index in [9.17, 15) is 9.50 Å². The minimum Gasteiger partial charge on any atom is -0.387 e. The van der Waals surface area contributed by atoms with E-state index in [1.165, 1.54) is 12.1 Å². The van der Waals surface area contributed by atoms with Crippen LogP contribution in [0, 0.1) is 11.7 Å². The van der Waals surface area contributed by atoms with Crippen LogP contribution in [0.1, 0.15) is 25.0 Å². The molecule has 2 rings (SSSR count). The van der Waals surface area contributed by atoms with Gasteiger partial charge in [0.2, 0.25) is 0 Å². The molecule has 0 bridgehead atoms. The smallest absolute Gasteiger partial charge is 0.123 e. The van der Waals surface area contributed by atoms with Crippen LogP contribution in [0.2, 0.25) is 0 Å². The van der Waals surface area contributed by atoms with Gasteiger partial charge in [-0.05, 0) is 43.6 Å². The van der Waals surface area contributed by atoms with Gasteiger partial charge in [-0.15, -0.1) is 0 Å². The molecule has 1 aromatic carbocycles. The summed E-state index contributed by atoms with van der Waals surface area (Å²) in [6, 6.07) is 6.60. The fraction of sp³-hybridized carbons (Fsp3) is 0.600. The van der Waals surface area contributed by atoms with Gasteiger partial charge < -0.3 is 15.3 Å². The maximum Gasteiger partial charge on any atom is 0.123 e. The van der Waals surface area contributed by atoms with Crippen molar-refractivity contribution in [2.24, 2.45) is 5.92 Å². The van der Waals surface area contributed by atoms with Gasteiger partial charge in [0.05, 0.1) is 6.10 Å². The Morgan fingerprint density at radius 3 is 3.00 bits per heavy atom. The number of rotatable bonds is 4. The summed E-state index contributed by atoms with van der Waals surface area (Å²) in [6.07, 6.45) is 0.440. The molecule has 1 aromatic rings. The van der Waals surface area contributed by atoms with Gasteiger partial charge in [0, 0.05) is 19.1 Å². The zero-order valence-electron chi connectivity index (χ0n) is 11.6. The van der Waals surface area contributed by atoms with E-state index in [0.717, 1.165) is 19.5 Å². The second-order valence-electron chi connectivity index (χ2n) is 5.61. The van der Waals surface area contributed by atoms with Crippen LogP contribution in [0.15, 0.2) is 24.3 Å². The van der Waals surface area contributed by atoms with Crippen LogP contribution in [0.4, 0.5) is 4.39 Å². The Hall–Kier alpha value is -0.970. The molecular weight excluding hydrogens is 243 g/mol. The lowest BCUT2D eigenvalue weighted by atomic mass is 9.94. The Balaban J connectivity index is 1.85. The summed E-state index contributed by atoms with van der Waals surface area (Å²) < 4.78 is 13.1. The summed E-state index contributed by atoms with van der Waals surface area (Å²) in [4.78, 5) is 2.33. The van der Waals surface area contributed by atoms with Crippen molar-refractivity contribution in [2.75, 3.05) is 26.7 Å². The van der Waals surface area contributed by atoms with Crippen LogP contribution in [-0.2, 0) is 0 Å². The minimum atomic E-state index is -0.650. The first-order valence-electron chi connectivity index (χ1n) is 6.91. The summed E-state index contributed by atoms with van der Waals surface area (Å²) >= 11 is 0. The topological polar surface area (TPSA) is 35.5 Å². The third-order valence-electron chi connectivity index (χ3n) is 3.92. The Kier molecular flexibility index (Phi) is 4.91. The average Bonchev–Trinajstić information content (AvgIpc) is 2.37. The van der Waals surface area contributed by atoms with Gasteiger partial charge in [-0.1, -0.05) is 19.1 Å². The van der Waals surface area contributed by atoms with Crippen LogP contribution in [0.25, 0.3) is 0 Å². The molecule has 0 aliphatic carbocycles. The predicted molar refractivity (Wildman–Crippen MR) is 74.4 cm³/mol. The maximum absolute atomic E-state index is 13.1. The van der Waals surface area contributed by atoms with Crippen molar-refractivity contribution in [1.29, 1.82) is 0 Å². The lowest BCUT2D eigenvalue weighted by molar-refractivity contribution is 0.137. The number of nitrogens with zero attached hydrogens (tertiary/aromatic N) is 1. The number of hydrogen-bond acceptors (Lipinski definition) is 3. The molecule has 19 heavy (non-hydrogen) atoms. The fourth-order valence-corrected chi connectivity index (χ4v) is 2.75. The molecule has 0 amide bonds. The molecule has 106 valence electrons. The standard InChI is InChI=1S/C15H23FN2O/c1-11-10-18(2)7-6-14(11)17-9-15(19)12-4-3-5-13(16)8-12/h3-5,8,11,14-15,17,19H,6-7,9-10H2,1-2H3. The molecule has 3 unspecified atom stereocenters. The van der Waals surface area contributed by atoms with Crippen molar-refractivity contribution < 1.29 is 9.50 Å². The molecule has 0 spiro atoms. The summed E-state index contributed by atoms with van der Waals surface area (Å²) in [5.41, 5.74) is 0.632. The van der Waals surface area contributed by atoms with Crippen molar-refractivity contribution in [3.63, 3.8) is 0 Å². The Labute approximate surface area is 114 Å². The van der Waals surface area contributed by atoms with E-state index in [1.54, 1.807) is 12.1 Å². The molecule has 0 aromatic heterocycles. The van der Waals surface area contributed by atoms with Crippen molar-refractivity contribution in [3.05, 3.63) is 35.6 Å². The number of hydrogen-bond donors (Lipinski definition) is 2. The SMILES string of the molecule is CC1CN(C)CCC1NCC(O)c1cccc(F)c1. The number of piperidine rings is 1. The normalized spacial score (nSPS) is 26.3. The van der Waals surface area contributed by atoms with Crippen LogP contribution < -0.4 is 5.32 Å². The van der Waals surface area contributed by atoms with Gasteiger partial charge in [0.15, 0.2) is 0 Å². The molecule has 3 atom stereocenters. The van der Waals surface area contributed by atoms with Crippen LogP contribution in [0.5, 0.6) is 0 Å². The van der Waals surface area contributed by atoms with Crippen molar-refractivity contribution in [1.82, 2.24) is 10.2 Å². The highest BCUT2D eigenvalue weighted by Gasteiger charge is 2.24. The first kappa shape index (κ1) is 14.4. The zero-order valence-corrected chi connectivity index (χ0v) is 11.6. The van der Waals surface area contributed by atoms with E-state index in [4.69, 9.17) is 0 Å². The summed E-state index contributed by atoms with van der Waals surface area (Å²) in [5.74, 6) is 0.266. The number of aliphatic hydroxyl groups is 1. The maximum atomic E-state index is 13.1. The van der Waals surface area contributed by atoms with Gasteiger partial charge in [-0.3, -0.25) is 0 Å². The lowest BCUT2D eigenvalue weighted by Crippen LogP contribution is -2.47. The van der Waals surface area contributed by atoms with Crippen LogP contribution in [-0.4, -0.2) is 42.7 Å². The van der Waals surface area contributed by atoms with Gasteiger partial charge >= 0.3 is 0 Å². The monoisotopic (exact) mass is 266 g/mol.